The maximum Gasteiger partial charge on any atom is 0.235 e. The number of aromatic nitrogens is 2. The summed E-state index contributed by atoms with van der Waals surface area (Å²) in [6, 6.07) is 1.72. The van der Waals surface area contributed by atoms with Crippen LogP contribution >= 0.6 is 11.8 Å². The Morgan fingerprint density at radius 1 is 1.38 bits per heavy atom. The van der Waals surface area contributed by atoms with E-state index < -0.39 is 0 Å². The minimum atomic E-state index is -0.195. The molecule has 0 bridgehead atoms. The molecule has 0 aromatic carbocycles. The number of nitrogens with two attached hydrogens (primary N) is 1. The number of aryl methyl sites for hydroxylation is 1. The molecule has 1 atom stereocenters. The predicted octanol–water partition coefficient (Wildman–Crippen LogP) is 1.01. The van der Waals surface area contributed by atoms with Crippen LogP contribution < -0.4 is 5.73 Å². The Balaban J connectivity index is 1.93. The number of amides is 1. The molecule has 1 saturated heterocycles. The summed E-state index contributed by atoms with van der Waals surface area (Å²) in [5, 5.41) is 0.375. The minimum Gasteiger partial charge on any atom is -0.384 e. The summed E-state index contributed by atoms with van der Waals surface area (Å²) in [5.41, 5.74) is 6.54. The first-order chi connectivity index (χ1) is 9.99. The normalized spacial score (nSPS) is 17.8. The lowest BCUT2D eigenvalue weighted by Crippen LogP contribution is -2.50. The van der Waals surface area contributed by atoms with Crippen molar-refractivity contribution >= 4 is 23.5 Å². The Morgan fingerprint density at radius 2 is 2.05 bits per heavy atom. The van der Waals surface area contributed by atoms with Gasteiger partial charge in [-0.2, -0.15) is 0 Å². The number of piperazine rings is 1. The van der Waals surface area contributed by atoms with Gasteiger partial charge in [0, 0.05) is 37.9 Å². The zero-order valence-corrected chi connectivity index (χ0v) is 13.7. The largest absolute Gasteiger partial charge is 0.384 e. The van der Waals surface area contributed by atoms with E-state index >= 15 is 0 Å². The molecule has 0 radical (unpaired) electrons. The van der Waals surface area contributed by atoms with Crippen molar-refractivity contribution in [3.8, 4) is 0 Å². The lowest BCUT2D eigenvalue weighted by molar-refractivity contribution is -0.132. The highest BCUT2D eigenvalue weighted by atomic mass is 32.2. The van der Waals surface area contributed by atoms with Gasteiger partial charge in [-0.3, -0.25) is 4.79 Å². The molecule has 0 aliphatic carbocycles. The molecular weight excluding hydrogens is 286 g/mol. The van der Waals surface area contributed by atoms with Crippen LogP contribution in [0.25, 0.3) is 0 Å². The number of rotatable bonds is 4. The van der Waals surface area contributed by atoms with Crippen molar-refractivity contribution in [2.45, 2.75) is 31.2 Å². The van der Waals surface area contributed by atoms with Crippen molar-refractivity contribution in [3.63, 3.8) is 0 Å². The van der Waals surface area contributed by atoms with Gasteiger partial charge in [0.25, 0.3) is 0 Å². The number of nitrogen functional groups attached to an aromatic ring is 1. The molecule has 1 fully saturated rings. The number of likely N-dealkylation sites (N-methyl/N-ethyl adjacent to an activating group) is 1. The number of carbonyl (C=O) groups is 1. The Bertz CT molecular complexity index is 482. The van der Waals surface area contributed by atoms with Crippen molar-refractivity contribution in [1.29, 1.82) is 0 Å². The molecule has 1 unspecified atom stereocenters. The molecule has 2 heterocycles. The third kappa shape index (κ3) is 4.31. The molecule has 21 heavy (non-hydrogen) atoms. The summed E-state index contributed by atoms with van der Waals surface area (Å²) in [7, 11) is 0. The minimum absolute atomic E-state index is 0.152. The van der Waals surface area contributed by atoms with E-state index in [-0.39, 0.29) is 11.2 Å². The third-order valence-corrected chi connectivity index (χ3v) is 4.56. The Kier molecular flexibility index (Phi) is 5.41. The van der Waals surface area contributed by atoms with Crippen LogP contribution in [-0.4, -0.2) is 63.6 Å². The molecule has 2 rings (SSSR count). The van der Waals surface area contributed by atoms with E-state index in [0.717, 1.165) is 38.4 Å². The second kappa shape index (κ2) is 7.09. The van der Waals surface area contributed by atoms with Gasteiger partial charge < -0.3 is 15.5 Å². The van der Waals surface area contributed by atoms with E-state index in [2.05, 4.69) is 21.8 Å². The van der Waals surface area contributed by atoms with Gasteiger partial charge in [0.2, 0.25) is 5.91 Å². The van der Waals surface area contributed by atoms with E-state index in [1.165, 1.54) is 11.8 Å². The summed E-state index contributed by atoms with van der Waals surface area (Å²) < 4.78 is 0. The highest BCUT2D eigenvalue weighted by molar-refractivity contribution is 8.00. The fraction of sp³-hybridized carbons (Fsp3) is 0.643. The fourth-order valence-electron chi connectivity index (χ4n) is 2.37. The van der Waals surface area contributed by atoms with Crippen molar-refractivity contribution < 1.29 is 4.79 Å². The van der Waals surface area contributed by atoms with Crippen LogP contribution in [0.5, 0.6) is 0 Å². The molecule has 1 aliphatic heterocycles. The quantitative estimate of drug-likeness (QED) is 0.661. The van der Waals surface area contributed by atoms with Gasteiger partial charge >= 0.3 is 0 Å². The van der Waals surface area contributed by atoms with Crippen LogP contribution in [0.1, 0.15) is 19.5 Å². The highest BCUT2D eigenvalue weighted by Gasteiger charge is 2.25. The van der Waals surface area contributed by atoms with Crippen LogP contribution in [0.3, 0.4) is 0 Å². The number of hydrogen-bond donors (Lipinski definition) is 1. The maximum atomic E-state index is 12.5. The van der Waals surface area contributed by atoms with Gasteiger partial charge in [0.15, 0.2) is 5.16 Å². The molecule has 1 aromatic rings. The second-order valence-electron chi connectivity index (χ2n) is 5.24. The van der Waals surface area contributed by atoms with Crippen LogP contribution in [0.15, 0.2) is 11.2 Å². The van der Waals surface area contributed by atoms with E-state index in [1.54, 1.807) is 6.07 Å². The maximum absolute atomic E-state index is 12.5. The SMILES string of the molecule is CCN1CCN(C(=O)C(C)Sc2nc(C)cc(N)n2)CC1. The van der Waals surface area contributed by atoms with Gasteiger partial charge in [-0.05, 0) is 20.4 Å². The molecule has 116 valence electrons. The lowest BCUT2D eigenvalue weighted by atomic mass is 10.3. The summed E-state index contributed by atoms with van der Waals surface area (Å²) >= 11 is 1.37. The number of nitrogens with zero attached hydrogens (tertiary/aromatic N) is 4. The standard InChI is InChI=1S/C14H23N5OS/c1-4-18-5-7-19(8-6-18)13(20)11(3)21-14-16-10(2)9-12(15)17-14/h9,11H,4-8H2,1-3H3,(H2,15,16,17). The van der Waals surface area contributed by atoms with Gasteiger partial charge in [0.05, 0.1) is 5.25 Å². The van der Waals surface area contributed by atoms with Gasteiger partial charge in [-0.15, -0.1) is 0 Å². The molecule has 1 amide bonds. The first-order valence-electron chi connectivity index (χ1n) is 7.28. The zero-order valence-electron chi connectivity index (χ0n) is 12.9. The second-order valence-corrected chi connectivity index (χ2v) is 6.54. The number of carbonyl (C=O) groups excluding carboxylic acids is 1. The summed E-state index contributed by atoms with van der Waals surface area (Å²) in [6.45, 7) is 10.5. The van der Waals surface area contributed by atoms with Crippen LogP contribution in [0, 0.1) is 6.92 Å². The van der Waals surface area contributed by atoms with Gasteiger partial charge in [-0.1, -0.05) is 18.7 Å². The smallest absolute Gasteiger partial charge is 0.235 e. The van der Waals surface area contributed by atoms with Crippen LogP contribution in [0.2, 0.25) is 0 Å². The van der Waals surface area contributed by atoms with Gasteiger partial charge in [0.1, 0.15) is 5.82 Å². The lowest BCUT2D eigenvalue weighted by Gasteiger charge is -2.35. The molecule has 2 N–H and O–H groups in total. The van der Waals surface area contributed by atoms with E-state index in [9.17, 15) is 4.79 Å². The molecule has 0 spiro atoms. The van der Waals surface area contributed by atoms with Crippen LogP contribution in [0.4, 0.5) is 5.82 Å². The van der Waals surface area contributed by atoms with E-state index in [4.69, 9.17) is 5.73 Å². The molecular formula is C14H23N5OS. The summed E-state index contributed by atoms with van der Waals surface area (Å²) in [6.07, 6.45) is 0. The Labute approximate surface area is 130 Å². The number of thioether (sulfide) groups is 1. The third-order valence-electron chi connectivity index (χ3n) is 3.61. The highest BCUT2D eigenvalue weighted by Crippen LogP contribution is 2.22. The Morgan fingerprint density at radius 3 is 2.62 bits per heavy atom. The van der Waals surface area contributed by atoms with Gasteiger partial charge in [-0.25, -0.2) is 9.97 Å². The monoisotopic (exact) mass is 309 g/mol. The average Bonchev–Trinajstić information content (AvgIpc) is 2.45. The number of anilines is 1. The molecule has 6 nitrogen and oxygen atoms in total. The van der Waals surface area contributed by atoms with E-state index in [1.807, 2.05) is 18.7 Å². The molecule has 7 heteroatoms. The molecule has 1 aromatic heterocycles. The fourth-order valence-corrected chi connectivity index (χ4v) is 3.29. The molecule has 1 aliphatic rings. The van der Waals surface area contributed by atoms with Crippen molar-refractivity contribution in [3.05, 3.63) is 11.8 Å². The zero-order chi connectivity index (χ0) is 15.4. The van der Waals surface area contributed by atoms with Crippen molar-refractivity contribution in [2.24, 2.45) is 0 Å². The topological polar surface area (TPSA) is 75.3 Å². The first-order valence-corrected chi connectivity index (χ1v) is 8.16. The van der Waals surface area contributed by atoms with Crippen molar-refractivity contribution in [2.75, 3.05) is 38.5 Å². The van der Waals surface area contributed by atoms with E-state index in [0.29, 0.717) is 11.0 Å². The summed E-state index contributed by atoms with van der Waals surface area (Å²) in [5.74, 6) is 0.598. The molecule has 0 saturated carbocycles. The number of hydrogen-bond acceptors (Lipinski definition) is 6. The summed E-state index contributed by atoms with van der Waals surface area (Å²) in [4.78, 5) is 25.3. The first kappa shape index (κ1) is 16.0. The predicted molar refractivity (Wildman–Crippen MR) is 85.2 cm³/mol. The van der Waals surface area contributed by atoms with Crippen molar-refractivity contribution in [1.82, 2.24) is 19.8 Å². The van der Waals surface area contributed by atoms with Crippen LogP contribution in [-0.2, 0) is 4.79 Å². The average molecular weight is 309 g/mol. The Hall–Kier alpha value is -1.34.